The van der Waals surface area contributed by atoms with Gasteiger partial charge in [0, 0.05) is 36.7 Å². The molecule has 0 bridgehead atoms. The summed E-state index contributed by atoms with van der Waals surface area (Å²) >= 11 is 0. The molecule has 1 aromatic carbocycles. The molecule has 4 heteroatoms. The maximum absolute atomic E-state index is 9.37. The van der Waals surface area contributed by atoms with Crippen LogP contribution in [-0.2, 0) is 6.54 Å². The predicted molar refractivity (Wildman–Crippen MR) is 76.7 cm³/mol. The quantitative estimate of drug-likeness (QED) is 0.758. The Bertz CT molecular complexity index is 389. The zero-order valence-corrected chi connectivity index (χ0v) is 12.3. The summed E-state index contributed by atoms with van der Waals surface area (Å²) in [6.07, 6.45) is 0.941. The molecule has 0 heterocycles. The van der Waals surface area contributed by atoms with Gasteiger partial charge in [0.2, 0.25) is 0 Å². The summed E-state index contributed by atoms with van der Waals surface area (Å²) in [6, 6.07) is 5.79. The molecule has 0 fully saturated rings. The molecule has 1 aromatic rings. The van der Waals surface area contributed by atoms with Crippen LogP contribution >= 0.6 is 0 Å². The van der Waals surface area contributed by atoms with Crippen molar-refractivity contribution in [2.45, 2.75) is 26.8 Å². The number of benzene rings is 1. The molecule has 2 N–H and O–H groups in total. The Morgan fingerprint density at radius 2 is 2.00 bits per heavy atom. The maximum atomic E-state index is 9.37. The van der Waals surface area contributed by atoms with E-state index in [9.17, 15) is 5.11 Å². The Kier molecular flexibility index (Phi) is 6.12. The molecule has 0 spiro atoms. The summed E-state index contributed by atoms with van der Waals surface area (Å²) < 4.78 is 10.5. The van der Waals surface area contributed by atoms with Crippen LogP contribution in [0.5, 0.6) is 11.5 Å². The van der Waals surface area contributed by atoms with Crippen LogP contribution in [-0.4, -0.2) is 32.5 Å². The molecular weight excluding hydrogens is 242 g/mol. The van der Waals surface area contributed by atoms with Crippen molar-refractivity contribution in [3.05, 3.63) is 23.8 Å². The molecule has 0 aliphatic rings. The van der Waals surface area contributed by atoms with Gasteiger partial charge in [0.05, 0.1) is 14.2 Å². The van der Waals surface area contributed by atoms with Crippen molar-refractivity contribution in [1.82, 2.24) is 5.32 Å². The molecular formula is C15H25NO3. The van der Waals surface area contributed by atoms with Crippen molar-refractivity contribution in [3.8, 4) is 11.5 Å². The van der Waals surface area contributed by atoms with Crippen molar-refractivity contribution in [2.75, 3.05) is 27.4 Å². The van der Waals surface area contributed by atoms with E-state index in [1.54, 1.807) is 14.2 Å². The molecule has 19 heavy (non-hydrogen) atoms. The lowest BCUT2D eigenvalue weighted by Crippen LogP contribution is -2.34. The van der Waals surface area contributed by atoms with Gasteiger partial charge in [0.15, 0.2) is 0 Å². The van der Waals surface area contributed by atoms with Crippen molar-refractivity contribution in [1.29, 1.82) is 0 Å². The molecule has 0 aliphatic heterocycles. The van der Waals surface area contributed by atoms with Crippen LogP contribution in [0, 0.1) is 5.41 Å². The van der Waals surface area contributed by atoms with E-state index in [4.69, 9.17) is 9.47 Å². The van der Waals surface area contributed by atoms with E-state index >= 15 is 0 Å². The van der Waals surface area contributed by atoms with Gasteiger partial charge >= 0.3 is 0 Å². The van der Waals surface area contributed by atoms with Gasteiger partial charge in [-0.3, -0.25) is 0 Å². The molecule has 108 valence electrons. The van der Waals surface area contributed by atoms with Crippen LogP contribution in [0.3, 0.4) is 0 Å². The average Bonchev–Trinajstić information content (AvgIpc) is 2.47. The smallest absolute Gasteiger partial charge is 0.127 e. The van der Waals surface area contributed by atoms with Crippen LogP contribution in [0.4, 0.5) is 0 Å². The van der Waals surface area contributed by atoms with E-state index in [1.165, 1.54) is 0 Å². The maximum Gasteiger partial charge on any atom is 0.127 e. The standard InChI is InChI=1S/C15H25NO3/c1-5-15(2,11-17)10-16-9-12-6-7-13(18-3)8-14(12)19-4/h6-8,16-17H,5,9-11H2,1-4H3. The SMILES string of the molecule is CCC(C)(CO)CNCc1ccc(OC)cc1OC. The summed E-state index contributed by atoms with van der Waals surface area (Å²) in [5, 5.41) is 12.7. The Morgan fingerprint density at radius 1 is 1.26 bits per heavy atom. The van der Waals surface area contributed by atoms with Gasteiger partial charge in [0.1, 0.15) is 11.5 Å². The molecule has 0 aromatic heterocycles. The zero-order chi connectivity index (χ0) is 14.3. The van der Waals surface area contributed by atoms with Gasteiger partial charge in [-0.15, -0.1) is 0 Å². The first kappa shape index (κ1) is 15.8. The molecule has 0 saturated carbocycles. The number of methoxy groups -OCH3 is 2. The first-order valence-electron chi connectivity index (χ1n) is 6.61. The molecule has 1 unspecified atom stereocenters. The zero-order valence-electron chi connectivity index (χ0n) is 12.3. The second-order valence-electron chi connectivity index (χ2n) is 5.10. The normalized spacial score (nSPS) is 13.9. The third-order valence-corrected chi connectivity index (χ3v) is 3.60. The number of aliphatic hydroxyl groups excluding tert-OH is 1. The van der Waals surface area contributed by atoms with Crippen LogP contribution < -0.4 is 14.8 Å². The minimum Gasteiger partial charge on any atom is -0.497 e. The van der Waals surface area contributed by atoms with Crippen molar-refractivity contribution >= 4 is 0 Å². The van der Waals surface area contributed by atoms with Crippen LogP contribution in [0.15, 0.2) is 18.2 Å². The van der Waals surface area contributed by atoms with E-state index in [1.807, 2.05) is 18.2 Å². The van der Waals surface area contributed by atoms with Gasteiger partial charge < -0.3 is 19.9 Å². The van der Waals surface area contributed by atoms with E-state index < -0.39 is 0 Å². The highest BCUT2D eigenvalue weighted by atomic mass is 16.5. The highest BCUT2D eigenvalue weighted by Crippen LogP contribution is 2.25. The molecule has 0 radical (unpaired) electrons. The second kappa shape index (κ2) is 7.36. The van der Waals surface area contributed by atoms with E-state index in [0.717, 1.165) is 30.0 Å². The Labute approximate surface area is 115 Å². The van der Waals surface area contributed by atoms with Crippen LogP contribution in [0.1, 0.15) is 25.8 Å². The lowest BCUT2D eigenvalue weighted by atomic mass is 9.88. The van der Waals surface area contributed by atoms with Gasteiger partial charge in [-0.25, -0.2) is 0 Å². The number of hydrogen-bond acceptors (Lipinski definition) is 4. The third-order valence-electron chi connectivity index (χ3n) is 3.60. The molecule has 0 amide bonds. The van der Waals surface area contributed by atoms with Gasteiger partial charge in [-0.1, -0.05) is 19.9 Å². The highest BCUT2D eigenvalue weighted by molar-refractivity contribution is 5.40. The largest absolute Gasteiger partial charge is 0.497 e. The number of nitrogens with one attached hydrogen (secondary N) is 1. The summed E-state index contributed by atoms with van der Waals surface area (Å²) in [7, 11) is 3.29. The van der Waals surface area contributed by atoms with Crippen molar-refractivity contribution in [3.63, 3.8) is 0 Å². The Hall–Kier alpha value is -1.26. The fourth-order valence-electron chi connectivity index (χ4n) is 1.79. The minimum atomic E-state index is -0.0697. The number of rotatable bonds is 8. The van der Waals surface area contributed by atoms with Crippen molar-refractivity contribution in [2.24, 2.45) is 5.41 Å². The highest BCUT2D eigenvalue weighted by Gasteiger charge is 2.20. The summed E-state index contributed by atoms with van der Waals surface area (Å²) in [4.78, 5) is 0. The number of hydrogen-bond donors (Lipinski definition) is 2. The number of aliphatic hydroxyl groups is 1. The lowest BCUT2D eigenvalue weighted by Gasteiger charge is -2.26. The molecule has 1 atom stereocenters. The van der Waals surface area contributed by atoms with Crippen LogP contribution in [0.25, 0.3) is 0 Å². The Morgan fingerprint density at radius 3 is 2.53 bits per heavy atom. The van der Waals surface area contributed by atoms with E-state index in [0.29, 0.717) is 6.54 Å². The summed E-state index contributed by atoms with van der Waals surface area (Å²) in [5.41, 5.74) is 1.01. The summed E-state index contributed by atoms with van der Waals surface area (Å²) in [5.74, 6) is 1.60. The first-order chi connectivity index (χ1) is 9.08. The molecule has 4 nitrogen and oxygen atoms in total. The van der Waals surface area contributed by atoms with E-state index in [-0.39, 0.29) is 12.0 Å². The monoisotopic (exact) mass is 267 g/mol. The molecule has 0 saturated heterocycles. The Balaban J connectivity index is 2.62. The summed E-state index contributed by atoms with van der Waals surface area (Å²) in [6.45, 7) is 5.84. The lowest BCUT2D eigenvalue weighted by molar-refractivity contribution is 0.135. The average molecular weight is 267 g/mol. The molecule has 1 rings (SSSR count). The van der Waals surface area contributed by atoms with Crippen molar-refractivity contribution < 1.29 is 14.6 Å². The van der Waals surface area contributed by atoms with Gasteiger partial charge in [0.25, 0.3) is 0 Å². The topological polar surface area (TPSA) is 50.7 Å². The van der Waals surface area contributed by atoms with Gasteiger partial charge in [-0.05, 0) is 12.5 Å². The van der Waals surface area contributed by atoms with Gasteiger partial charge in [-0.2, -0.15) is 0 Å². The first-order valence-corrected chi connectivity index (χ1v) is 6.61. The fourth-order valence-corrected chi connectivity index (χ4v) is 1.79. The predicted octanol–water partition coefficient (Wildman–Crippen LogP) is 2.20. The number of ether oxygens (including phenoxy) is 2. The fraction of sp³-hybridized carbons (Fsp3) is 0.600. The van der Waals surface area contributed by atoms with E-state index in [2.05, 4.69) is 19.2 Å². The third kappa shape index (κ3) is 4.40. The molecule has 0 aliphatic carbocycles. The van der Waals surface area contributed by atoms with Crippen LogP contribution in [0.2, 0.25) is 0 Å². The second-order valence-corrected chi connectivity index (χ2v) is 5.10. The minimum absolute atomic E-state index is 0.0697.